The number of benzene rings is 1. The Balaban J connectivity index is 1.49. The molecule has 1 fully saturated rings. The Bertz CT molecular complexity index is 997. The van der Waals surface area contributed by atoms with Gasteiger partial charge in [0.2, 0.25) is 17.7 Å². The Labute approximate surface area is 171 Å². The van der Waals surface area contributed by atoms with E-state index >= 15 is 0 Å². The molecule has 1 aromatic carbocycles. The maximum absolute atomic E-state index is 13.2. The lowest BCUT2D eigenvalue weighted by atomic mass is 9.97. The second-order valence-electron chi connectivity index (χ2n) is 7.39. The summed E-state index contributed by atoms with van der Waals surface area (Å²) in [6, 6.07) is 10.5. The summed E-state index contributed by atoms with van der Waals surface area (Å²) >= 11 is 0. The van der Waals surface area contributed by atoms with E-state index in [1.807, 2.05) is 30.3 Å². The van der Waals surface area contributed by atoms with Gasteiger partial charge in [0, 0.05) is 44.7 Å². The SMILES string of the molecule is CN(C)c1cc(C(F)(F)F)nc(N2CCC(c3nc(-c4ccccc4)no3)CC2)n1. The first-order valence-corrected chi connectivity index (χ1v) is 9.59. The summed E-state index contributed by atoms with van der Waals surface area (Å²) in [7, 11) is 3.30. The molecule has 0 radical (unpaired) electrons. The molecule has 4 rings (SSSR count). The highest BCUT2D eigenvalue weighted by Gasteiger charge is 2.35. The lowest BCUT2D eigenvalue weighted by Gasteiger charge is -2.31. The predicted octanol–water partition coefficient (Wildman–Crippen LogP) is 4.00. The fraction of sp³-hybridized carbons (Fsp3) is 0.400. The first-order chi connectivity index (χ1) is 14.3. The van der Waals surface area contributed by atoms with Crippen LogP contribution in [0.5, 0.6) is 0 Å². The van der Waals surface area contributed by atoms with E-state index in [0.717, 1.165) is 11.6 Å². The monoisotopic (exact) mass is 418 g/mol. The third-order valence-electron chi connectivity index (χ3n) is 5.05. The molecule has 2 aromatic heterocycles. The van der Waals surface area contributed by atoms with Gasteiger partial charge in [-0.3, -0.25) is 0 Å². The Morgan fingerprint density at radius 1 is 1.03 bits per heavy atom. The average Bonchev–Trinajstić information content (AvgIpc) is 3.24. The smallest absolute Gasteiger partial charge is 0.363 e. The Morgan fingerprint density at radius 2 is 1.73 bits per heavy atom. The number of alkyl halides is 3. The number of hydrogen-bond acceptors (Lipinski definition) is 7. The van der Waals surface area contributed by atoms with Crippen molar-refractivity contribution in [3.05, 3.63) is 48.0 Å². The standard InChI is InChI=1S/C20H21F3N6O/c1-28(2)16-12-15(20(21,22)23)24-19(25-16)29-10-8-14(9-11-29)18-26-17(27-30-18)13-6-4-3-5-7-13/h3-7,12,14H,8-11H2,1-2H3. The topological polar surface area (TPSA) is 71.2 Å². The van der Waals surface area contributed by atoms with E-state index in [9.17, 15) is 13.2 Å². The number of piperidine rings is 1. The molecule has 0 bridgehead atoms. The molecule has 3 aromatic rings. The first kappa shape index (κ1) is 20.1. The van der Waals surface area contributed by atoms with E-state index in [4.69, 9.17) is 4.52 Å². The summed E-state index contributed by atoms with van der Waals surface area (Å²) in [5, 5.41) is 4.05. The summed E-state index contributed by atoms with van der Waals surface area (Å²) in [5.74, 6) is 1.43. The minimum absolute atomic E-state index is 0.0466. The van der Waals surface area contributed by atoms with E-state index in [1.165, 1.54) is 4.90 Å². The van der Waals surface area contributed by atoms with Crippen LogP contribution in [0.1, 0.15) is 30.3 Å². The summed E-state index contributed by atoms with van der Waals surface area (Å²) in [5.41, 5.74) is -0.0683. The van der Waals surface area contributed by atoms with Gasteiger partial charge in [-0.15, -0.1) is 0 Å². The zero-order valence-electron chi connectivity index (χ0n) is 16.6. The molecule has 0 N–H and O–H groups in total. The van der Waals surface area contributed by atoms with Crippen LogP contribution in [0.25, 0.3) is 11.4 Å². The Hall–Kier alpha value is -3.17. The van der Waals surface area contributed by atoms with Crippen molar-refractivity contribution in [3.8, 4) is 11.4 Å². The third-order valence-corrected chi connectivity index (χ3v) is 5.05. The number of nitrogens with zero attached hydrogens (tertiary/aromatic N) is 6. The maximum atomic E-state index is 13.2. The molecule has 0 spiro atoms. The molecule has 1 saturated heterocycles. The lowest BCUT2D eigenvalue weighted by Crippen LogP contribution is -2.35. The highest BCUT2D eigenvalue weighted by atomic mass is 19.4. The van der Waals surface area contributed by atoms with Gasteiger partial charge >= 0.3 is 6.18 Å². The lowest BCUT2D eigenvalue weighted by molar-refractivity contribution is -0.141. The van der Waals surface area contributed by atoms with Gasteiger partial charge in [-0.2, -0.15) is 23.1 Å². The van der Waals surface area contributed by atoms with Crippen LogP contribution in [0.2, 0.25) is 0 Å². The second kappa shape index (κ2) is 7.92. The molecule has 1 aliphatic heterocycles. The minimum Gasteiger partial charge on any atom is -0.363 e. The minimum atomic E-state index is -4.53. The fourth-order valence-corrected chi connectivity index (χ4v) is 3.37. The van der Waals surface area contributed by atoms with Crippen molar-refractivity contribution < 1.29 is 17.7 Å². The van der Waals surface area contributed by atoms with Gasteiger partial charge in [0.25, 0.3) is 0 Å². The molecular formula is C20H21F3N6O. The average molecular weight is 418 g/mol. The molecule has 30 heavy (non-hydrogen) atoms. The summed E-state index contributed by atoms with van der Waals surface area (Å²) in [6.07, 6.45) is -3.21. The van der Waals surface area contributed by atoms with Crippen molar-refractivity contribution in [2.24, 2.45) is 0 Å². The second-order valence-corrected chi connectivity index (χ2v) is 7.39. The zero-order chi connectivity index (χ0) is 21.3. The van der Waals surface area contributed by atoms with Gasteiger partial charge in [0.15, 0.2) is 5.69 Å². The Morgan fingerprint density at radius 3 is 2.37 bits per heavy atom. The van der Waals surface area contributed by atoms with Gasteiger partial charge in [-0.25, -0.2) is 4.98 Å². The summed E-state index contributed by atoms with van der Waals surface area (Å²) < 4.78 is 45.2. The molecule has 10 heteroatoms. The third kappa shape index (κ3) is 4.22. The maximum Gasteiger partial charge on any atom is 0.433 e. The van der Waals surface area contributed by atoms with Crippen molar-refractivity contribution >= 4 is 11.8 Å². The van der Waals surface area contributed by atoms with Crippen molar-refractivity contribution in [1.29, 1.82) is 0 Å². The summed E-state index contributed by atoms with van der Waals surface area (Å²) in [6.45, 7) is 1.00. The van der Waals surface area contributed by atoms with Crippen molar-refractivity contribution in [2.75, 3.05) is 37.0 Å². The summed E-state index contributed by atoms with van der Waals surface area (Å²) in [4.78, 5) is 15.9. The van der Waals surface area contributed by atoms with Crippen LogP contribution in [0.15, 0.2) is 40.9 Å². The quantitative estimate of drug-likeness (QED) is 0.634. The van der Waals surface area contributed by atoms with Crippen LogP contribution < -0.4 is 9.80 Å². The number of rotatable bonds is 4. The predicted molar refractivity (Wildman–Crippen MR) is 105 cm³/mol. The fourth-order valence-electron chi connectivity index (χ4n) is 3.37. The van der Waals surface area contributed by atoms with Crippen LogP contribution in [-0.2, 0) is 6.18 Å². The molecule has 0 unspecified atom stereocenters. The molecule has 0 aliphatic carbocycles. The van der Waals surface area contributed by atoms with Crippen molar-refractivity contribution in [3.63, 3.8) is 0 Å². The van der Waals surface area contributed by atoms with Crippen LogP contribution in [0.4, 0.5) is 24.9 Å². The molecular weight excluding hydrogens is 397 g/mol. The molecule has 0 atom stereocenters. The van der Waals surface area contributed by atoms with Crippen LogP contribution in [0, 0.1) is 0 Å². The van der Waals surface area contributed by atoms with Crippen LogP contribution in [-0.4, -0.2) is 47.3 Å². The van der Waals surface area contributed by atoms with Crippen molar-refractivity contribution in [2.45, 2.75) is 24.9 Å². The number of aromatic nitrogens is 4. The van der Waals surface area contributed by atoms with E-state index < -0.39 is 11.9 Å². The number of halogens is 3. The Kier molecular flexibility index (Phi) is 5.31. The highest BCUT2D eigenvalue weighted by Crippen LogP contribution is 2.33. The van der Waals surface area contributed by atoms with E-state index in [-0.39, 0.29) is 17.7 Å². The van der Waals surface area contributed by atoms with E-state index in [1.54, 1.807) is 19.0 Å². The van der Waals surface area contributed by atoms with Gasteiger partial charge in [-0.1, -0.05) is 35.5 Å². The molecule has 0 saturated carbocycles. The molecule has 3 heterocycles. The molecule has 1 aliphatic rings. The number of anilines is 2. The first-order valence-electron chi connectivity index (χ1n) is 9.59. The molecule has 7 nitrogen and oxygen atoms in total. The van der Waals surface area contributed by atoms with Crippen LogP contribution >= 0.6 is 0 Å². The van der Waals surface area contributed by atoms with Gasteiger partial charge in [0.05, 0.1) is 0 Å². The van der Waals surface area contributed by atoms with Crippen molar-refractivity contribution in [1.82, 2.24) is 20.1 Å². The van der Waals surface area contributed by atoms with Gasteiger partial charge < -0.3 is 14.3 Å². The van der Waals surface area contributed by atoms with Gasteiger partial charge in [0.1, 0.15) is 5.82 Å². The van der Waals surface area contributed by atoms with Gasteiger partial charge in [-0.05, 0) is 12.8 Å². The van der Waals surface area contributed by atoms with E-state index in [0.29, 0.717) is 37.6 Å². The number of hydrogen-bond donors (Lipinski definition) is 0. The van der Waals surface area contributed by atoms with E-state index in [2.05, 4.69) is 20.1 Å². The normalized spacial score (nSPS) is 15.4. The largest absolute Gasteiger partial charge is 0.433 e. The highest BCUT2D eigenvalue weighted by molar-refractivity contribution is 5.53. The van der Waals surface area contributed by atoms with Crippen LogP contribution in [0.3, 0.4) is 0 Å². The zero-order valence-corrected chi connectivity index (χ0v) is 16.6. The molecule has 0 amide bonds. The molecule has 158 valence electrons.